The van der Waals surface area contributed by atoms with Gasteiger partial charge in [0.1, 0.15) is 0 Å². The van der Waals surface area contributed by atoms with Crippen LogP contribution < -0.4 is 14.7 Å². The first-order valence-electron chi connectivity index (χ1n) is 16.6. The van der Waals surface area contributed by atoms with Crippen LogP contribution in [0.1, 0.15) is 71.3 Å². The van der Waals surface area contributed by atoms with E-state index in [2.05, 4.69) is 25.8 Å². The van der Waals surface area contributed by atoms with E-state index in [0.29, 0.717) is 35.8 Å². The van der Waals surface area contributed by atoms with Crippen LogP contribution in [0, 0.1) is 5.92 Å². The van der Waals surface area contributed by atoms with Gasteiger partial charge in [-0.2, -0.15) is 0 Å². The number of aryl methyl sites for hydroxylation is 3. The lowest BCUT2D eigenvalue weighted by molar-refractivity contribution is -0.118. The topological polar surface area (TPSA) is 103 Å². The zero-order chi connectivity index (χ0) is 33.4. The Morgan fingerprint density at radius 1 is 0.917 bits per heavy atom. The number of nitrogens with zero attached hydrogens (tertiary/aromatic N) is 6. The fourth-order valence-electron chi connectivity index (χ4n) is 7.26. The van der Waals surface area contributed by atoms with Gasteiger partial charge in [0, 0.05) is 85.6 Å². The standard InChI is InChI=1S/C37H38F2N6O3/c1-43-32-10-9-29(17-25(32)6-11-34(43)46)45-14-2-3-24-18-30(31(35(38)39)19-33(24)45)26-5-8-28(40-20-26)7-4-23-12-15-44(16-13-23)37-41-21-27(22-42-37)36(47)48/h5,8-10,17-23,35H,2-4,6-7,11-16H2,1H3,(H,47,48). The molecule has 1 N–H and O–H groups in total. The summed E-state index contributed by atoms with van der Waals surface area (Å²) in [6.45, 7) is 2.35. The van der Waals surface area contributed by atoms with E-state index in [-0.39, 0.29) is 17.0 Å². The van der Waals surface area contributed by atoms with Crippen LogP contribution in [0.15, 0.2) is 61.1 Å². The fourth-order valence-corrected chi connectivity index (χ4v) is 7.26. The number of hydrogen-bond acceptors (Lipinski definition) is 7. The molecule has 11 heteroatoms. The summed E-state index contributed by atoms with van der Waals surface area (Å²) in [4.78, 5) is 42.3. The molecular weight excluding hydrogens is 614 g/mol. The summed E-state index contributed by atoms with van der Waals surface area (Å²) in [6, 6.07) is 13.5. The van der Waals surface area contributed by atoms with Crippen molar-refractivity contribution in [2.75, 3.05) is 41.4 Å². The van der Waals surface area contributed by atoms with Gasteiger partial charge >= 0.3 is 5.97 Å². The van der Waals surface area contributed by atoms with Gasteiger partial charge in [0.2, 0.25) is 11.9 Å². The second-order valence-electron chi connectivity index (χ2n) is 13.0. The van der Waals surface area contributed by atoms with Crippen molar-refractivity contribution in [3.8, 4) is 11.1 Å². The third kappa shape index (κ3) is 6.33. The lowest BCUT2D eigenvalue weighted by atomic mass is 9.90. The zero-order valence-electron chi connectivity index (χ0n) is 26.9. The van der Waals surface area contributed by atoms with E-state index in [4.69, 9.17) is 10.1 Å². The van der Waals surface area contributed by atoms with Gasteiger partial charge in [-0.05, 0) is 104 Å². The molecule has 3 aliphatic rings. The van der Waals surface area contributed by atoms with Crippen LogP contribution in [0.25, 0.3) is 11.1 Å². The van der Waals surface area contributed by atoms with Gasteiger partial charge in [-0.3, -0.25) is 9.78 Å². The normalized spacial score (nSPS) is 16.7. The molecule has 1 fully saturated rings. The van der Waals surface area contributed by atoms with Crippen LogP contribution in [-0.4, -0.2) is 58.6 Å². The maximum absolute atomic E-state index is 14.6. The van der Waals surface area contributed by atoms with Gasteiger partial charge < -0.3 is 19.8 Å². The first-order chi connectivity index (χ1) is 23.2. The Hall–Kier alpha value is -4.93. The molecule has 0 bridgehead atoms. The Morgan fingerprint density at radius 2 is 1.69 bits per heavy atom. The molecule has 248 valence electrons. The molecule has 5 heterocycles. The molecule has 0 unspecified atom stereocenters. The van der Waals surface area contributed by atoms with Crippen LogP contribution in [0.5, 0.6) is 0 Å². The number of carbonyl (C=O) groups is 2. The molecule has 1 saturated heterocycles. The highest BCUT2D eigenvalue weighted by Crippen LogP contribution is 2.42. The summed E-state index contributed by atoms with van der Waals surface area (Å²) in [5, 5.41) is 9.07. The van der Waals surface area contributed by atoms with Crippen LogP contribution in [0.2, 0.25) is 0 Å². The number of carboxylic acids is 1. The molecule has 48 heavy (non-hydrogen) atoms. The number of piperidine rings is 1. The molecule has 2 aromatic heterocycles. The highest BCUT2D eigenvalue weighted by atomic mass is 19.3. The summed E-state index contributed by atoms with van der Waals surface area (Å²) in [7, 11) is 1.79. The summed E-state index contributed by atoms with van der Waals surface area (Å²) >= 11 is 0. The molecule has 0 radical (unpaired) electrons. The molecule has 3 aliphatic heterocycles. The summed E-state index contributed by atoms with van der Waals surface area (Å²) in [5.41, 5.74) is 7.08. The Morgan fingerprint density at radius 3 is 2.40 bits per heavy atom. The lowest BCUT2D eigenvalue weighted by Gasteiger charge is -2.34. The van der Waals surface area contributed by atoms with Crippen molar-refractivity contribution < 1.29 is 23.5 Å². The van der Waals surface area contributed by atoms with Crippen LogP contribution in [0.4, 0.5) is 31.8 Å². The molecule has 0 spiro atoms. The number of carboxylic acid groups (broad SMARTS) is 1. The van der Waals surface area contributed by atoms with Crippen molar-refractivity contribution in [2.45, 2.75) is 57.8 Å². The number of hydrogen-bond donors (Lipinski definition) is 1. The number of benzene rings is 2. The molecule has 0 saturated carbocycles. The first kappa shape index (κ1) is 31.7. The number of aromatic nitrogens is 3. The second-order valence-corrected chi connectivity index (χ2v) is 13.0. The Kier molecular flexibility index (Phi) is 8.77. The minimum atomic E-state index is -2.64. The van der Waals surface area contributed by atoms with Gasteiger partial charge in [0.15, 0.2) is 0 Å². The van der Waals surface area contributed by atoms with E-state index in [1.807, 2.05) is 30.3 Å². The van der Waals surface area contributed by atoms with Gasteiger partial charge in [-0.15, -0.1) is 0 Å². The molecule has 7 rings (SSSR count). The largest absolute Gasteiger partial charge is 0.478 e. The van der Waals surface area contributed by atoms with Crippen molar-refractivity contribution in [2.24, 2.45) is 5.92 Å². The van der Waals surface area contributed by atoms with Gasteiger partial charge in [0.05, 0.1) is 5.56 Å². The highest BCUT2D eigenvalue weighted by molar-refractivity contribution is 5.96. The van der Waals surface area contributed by atoms with E-state index in [0.717, 1.165) is 92.0 Å². The summed E-state index contributed by atoms with van der Waals surface area (Å²) in [5.74, 6) is 0.141. The van der Waals surface area contributed by atoms with Crippen molar-refractivity contribution >= 4 is 34.9 Å². The molecular formula is C37H38F2N6O3. The number of anilines is 4. The van der Waals surface area contributed by atoms with Gasteiger partial charge in [-0.1, -0.05) is 6.07 Å². The lowest BCUT2D eigenvalue weighted by Crippen LogP contribution is -2.35. The van der Waals surface area contributed by atoms with E-state index in [9.17, 15) is 18.4 Å². The Labute approximate surface area is 278 Å². The van der Waals surface area contributed by atoms with Crippen LogP contribution >= 0.6 is 0 Å². The van der Waals surface area contributed by atoms with E-state index < -0.39 is 12.4 Å². The monoisotopic (exact) mass is 652 g/mol. The number of aromatic carboxylic acids is 1. The predicted molar refractivity (Wildman–Crippen MR) is 180 cm³/mol. The molecule has 4 aromatic rings. The third-order valence-corrected chi connectivity index (χ3v) is 10.0. The van der Waals surface area contributed by atoms with Gasteiger partial charge in [-0.25, -0.2) is 23.5 Å². The Bertz CT molecular complexity index is 1820. The average molecular weight is 653 g/mol. The summed E-state index contributed by atoms with van der Waals surface area (Å²) in [6.07, 6.45) is 8.40. The van der Waals surface area contributed by atoms with Crippen LogP contribution in [0.3, 0.4) is 0 Å². The zero-order valence-corrected chi connectivity index (χ0v) is 26.9. The predicted octanol–water partition coefficient (Wildman–Crippen LogP) is 7.02. The van der Waals surface area contributed by atoms with E-state index in [1.54, 1.807) is 24.2 Å². The maximum atomic E-state index is 14.6. The first-order valence-corrected chi connectivity index (χ1v) is 16.6. The van der Waals surface area contributed by atoms with Crippen molar-refractivity contribution in [1.82, 2.24) is 15.0 Å². The number of halogens is 2. The summed E-state index contributed by atoms with van der Waals surface area (Å²) < 4.78 is 29.2. The van der Waals surface area contributed by atoms with Crippen molar-refractivity contribution in [1.29, 1.82) is 0 Å². The number of amides is 1. The molecule has 2 aromatic carbocycles. The van der Waals surface area contributed by atoms with Crippen molar-refractivity contribution in [3.63, 3.8) is 0 Å². The minimum absolute atomic E-state index is 0.00632. The van der Waals surface area contributed by atoms with E-state index >= 15 is 0 Å². The number of pyridine rings is 1. The highest BCUT2D eigenvalue weighted by Gasteiger charge is 2.27. The minimum Gasteiger partial charge on any atom is -0.478 e. The fraction of sp³-hybridized carbons (Fsp3) is 0.378. The maximum Gasteiger partial charge on any atom is 0.338 e. The van der Waals surface area contributed by atoms with E-state index in [1.165, 1.54) is 12.4 Å². The van der Waals surface area contributed by atoms with Crippen LogP contribution in [-0.2, 0) is 24.1 Å². The SMILES string of the molecule is CN1C(=O)CCc2cc(N3CCCc4cc(-c5ccc(CCC6CCN(c7ncc(C(=O)O)cn7)CC6)nc5)c(C(F)F)cc43)ccc21. The quantitative estimate of drug-likeness (QED) is 0.217. The number of rotatable bonds is 8. The number of alkyl halides is 2. The molecule has 9 nitrogen and oxygen atoms in total. The third-order valence-electron chi connectivity index (χ3n) is 10.0. The number of fused-ring (bicyclic) bond motifs is 2. The average Bonchev–Trinajstić information content (AvgIpc) is 3.12. The molecule has 0 atom stereocenters. The van der Waals surface area contributed by atoms with Gasteiger partial charge in [0.25, 0.3) is 6.43 Å². The Balaban J connectivity index is 1.03. The van der Waals surface area contributed by atoms with Crippen molar-refractivity contribution in [3.05, 3.63) is 89.0 Å². The number of carbonyl (C=O) groups excluding carboxylic acids is 1. The molecule has 0 aliphatic carbocycles. The second kappa shape index (κ2) is 13.3. The smallest absolute Gasteiger partial charge is 0.338 e. The molecule has 1 amide bonds.